The first-order valence-corrected chi connectivity index (χ1v) is 8.35. The lowest BCUT2D eigenvalue weighted by Crippen LogP contribution is -2.45. The van der Waals surface area contributed by atoms with Crippen LogP contribution in [-0.2, 0) is 20.6 Å². The first kappa shape index (κ1) is 15.9. The average Bonchev–Trinajstić information content (AvgIpc) is 2.81. The molecule has 116 valence electrons. The zero-order chi connectivity index (χ0) is 15.6. The summed E-state index contributed by atoms with van der Waals surface area (Å²) in [5, 5.41) is 9.75. The molecule has 1 aliphatic heterocycles. The van der Waals surface area contributed by atoms with E-state index in [4.69, 9.17) is 0 Å². The molecule has 2 rings (SSSR count). The molecular formula is C14H20N2O4S. The maximum Gasteiger partial charge on any atom is 0.240 e. The normalized spacial score (nSPS) is 23.2. The summed E-state index contributed by atoms with van der Waals surface area (Å²) in [6.07, 6.45) is -0.658. The molecule has 0 saturated carbocycles. The topological polar surface area (TPSA) is 77.9 Å². The van der Waals surface area contributed by atoms with Crippen molar-refractivity contribution in [2.75, 3.05) is 20.6 Å². The Kier molecular flexibility index (Phi) is 4.65. The van der Waals surface area contributed by atoms with Gasteiger partial charge in [-0.05, 0) is 5.56 Å². The van der Waals surface area contributed by atoms with E-state index < -0.39 is 22.2 Å². The van der Waals surface area contributed by atoms with Crippen molar-refractivity contribution in [3.05, 3.63) is 35.9 Å². The number of aliphatic hydroxyl groups excluding tert-OH is 1. The van der Waals surface area contributed by atoms with Crippen LogP contribution >= 0.6 is 0 Å². The molecule has 1 saturated heterocycles. The van der Waals surface area contributed by atoms with Gasteiger partial charge in [0.2, 0.25) is 15.9 Å². The molecule has 1 aliphatic rings. The van der Waals surface area contributed by atoms with E-state index in [1.807, 2.05) is 6.07 Å². The molecule has 6 nitrogen and oxygen atoms in total. The molecule has 1 amide bonds. The van der Waals surface area contributed by atoms with E-state index in [9.17, 15) is 18.3 Å². The fraction of sp³-hybridized carbons (Fsp3) is 0.500. The van der Waals surface area contributed by atoms with Gasteiger partial charge in [0.25, 0.3) is 0 Å². The van der Waals surface area contributed by atoms with Crippen LogP contribution < -0.4 is 0 Å². The van der Waals surface area contributed by atoms with Gasteiger partial charge in [0.1, 0.15) is 6.04 Å². The number of carbonyl (C=O) groups is 1. The van der Waals surface area contributed by atoms with Crippen LogP contribution in [0.5, 0.6) is 0 Å². The van der Waals surface area contributed by atoms with Crippen LogP contribution in [0.15, 0.2) is 30.3 Å². The fourth-order valence-corrected chi connectivity index (χ4v) is 4.22. The largest absolute Gasteiger partial charge is 0.392 e. The van der Waals surface area contributed by atoms with Gasteiger partial charge in [0, 0.05) is 27.1 Å². The molecular weight excluding hydrogens is 292 g/mol. The van der Waals surface area contributed by atoms with Crippen molar-refractivity contribution in [2.24, 2.45) is 0 Å². The third-order valence-electron chi connectivity index (χ3n) is 3.51. The number of hydrogen-bond acceptors (Lipinski definition) is 4. The Balaban J connectivity index is 2.23. The zero-order valence-corrected chi connectivity index (χ0v) is 13.0. The third kappa shape index (κ3) is 3.61. The van der Waals surface area contributed by atoms with Crippen LogP contribution in [0, 0.1) is 0 Å². The minimum Gasteiger partial charge on any atom is -0.392 e. The molecule has 0 spiro atoms. The van der Waals surface area contributed by atoms with Gasteiger partial charge in [-0.25, -0.2) is 8.42 Å². The van der Waals surface area contributed by atoms with Gasteiger partial charge in [0.05, 0.1) is 11.9 Å². The van der Waals surface area contributed by atoms with Crippen molar-refractivity contribution < 1.29 is 18.3 Å². The highest BCUT2D eigenvalue weighted by Crippen LogP contribution is 2.25. The lowest BCUT2D eigenvalue weighted by Gasteiger charge is -2.25. The maximum atomic E-state index is 12.5. The maximum absolute atomic E-state index is 12.5. The number of β-amino-alcohol motifs (C(OH)–C–C–N with tert-alkyl or cyclic N) is 1. The second-order valence-corrected chi connectivity index (χ2v) is 7.37. The first-order valence-electron chi connectivity index (χ1n) is 6.74. The van der Waals surface area contributed by atoms with E-state index >= 15 is 0 Å². The Morgan fingerprint density at radius 2 is 1.95 bits per heavy atom. The predicted molar refractivity (Wildman–Crippen MR) is 78.9 cm³/mol. The van der Waals surface area contributed by atoms with Crippen molar-refractivity contribution in [3.8, 4) is 0 Å². The van der Waals surface area contributed by atoms with Crippen LogP contribution in [0.2, 0.25) is 0 Å². The number of hydrogen-bond donors (Lipinski definition) is 1. The predicted octanol–water partition coefficient (Wildman–Crippen LogP) is 0.0398. The van der Waals surface area contributed by atoms with Gasteiger partial charge in [-0.2, -0.15) is 4.31 Å². The number of aliphatic hydroxyl groups is 1. The first-order chi connectivity index (χ1) is 9.81. The molecule has 1 N–H and O–H groups in total. The monoisotopic (exact) mass is 312 g/mol. The smallest absolute Gasteiger partial charge is 0.240 e. The van der Waals surface area contributed by atoms with E-state index in [-0.39, 0.29) is 24.6 Å². The number of rotatable bonds is 4. The van der Waals surface area contributed by atoms with Crippen LogP contribution in [0.4, 0.5) is 0 Å². The molecule has 21 heavy (non-hydrogen) atoms. The molecule has 0 radical (unpaired) electrons. The SMILES string of the molecule is CN(C)C(=O)[C@@H]1CC(O)CN1S(=O)(=O)Cc1ccccc1. The Labute approximate surface area is 125 Å². The average molecular weight is 312 g/mol. The highest BCUT2D eigenvalue weighted by molar-refractivity contribution is 7.88. The minimum absolute atomic E-state index is 0.0284. The number of sulfonamides is 1. The number of amides is 1. The van der Waals surface area contributed by atoms with E-state index in [2.05, 4.69) is 0 Å². The molecule has 0 aliphatic carbocycles. The van der Waals surface area contributed by atoms with E-state index in [0.717, 1.165) is 4.31 Å². The van der Waals surface area contributed by atoms with E-state index in [1.165, 1.54) is 4.90 Å². The highest BCUT2D eigenvalue weighted by atomic mass is 32.2. The Bertz CT molecular complexity index is 601. The van der Waals surface area contributed by atoms with Gasteiger partial charge < -0.3 is 10.0 Å². The summed E-state index contributed by atoms with van der Waals surface area (Å²) >= 11 is 0. The summed E-state index contributed by atoms with van der Waals surface area (Å²) in [7, 11) is -0.491. The number of likely N-dealkylation sites (N-methyl/N-ethyl adjacent to an activating group) is 1. The second kappa shape index (κ2) is 6.13. The number of nitrogens with zero attached hydrogens (tertiary/aromatic N) is 2. The van der Waals surface area contributed by atoms with Crippen molar-refractivity contribution >= 4 is 15.9 Å². The van der Waals surface area contributed by atoms with Crippen LogP contribution in [0.25, 0.3) is 0 Å². The lowest BCUT2D eigenvalue weighted by molar-refractivity contribution is -0.132. The van der Waals surface area contributed by atoms with Gasteiger partial charge >= 0.3 is 0 Å². The van der Waals surface area contributed by atoms with Crippen LogP contribution in [0.1, 0.15) is 12.0 Å². The van der Waals surface area contributed by atoms with Gasteiger partial charge in [0.15, 0.2) is 0 Å². The number of carbonyl (C=O) groups excluding carboxylic acids is 1. The van der Waals surface area contributed by atoms with Crippen molar-refractivity contribution in [1.29, 1.82) is 0 Å². The van der Waals surface area contributed by atoms with Crippen molar-refractivity contribution in [2.45, 2.75) is 24.3 Å². The Morgan fingerprint density at radius 3 is 2.52 bits per heavy atom. The van der Waals surface area contributed by atoms with Gasteiger partial charge in [-0.3, -0.25) is 4.79 Å². The number of benzene rings is 1. The van der Waals surface area contributed by atoms with Crippen LogP contribution in [0.3, 0.4) is 0 Å². The third-order valence-corrected chi connectivity index (χ3v) is 5.32. The highest BCUT2D eigenvalue weighted by Gasteiger charge is 2.43. The van der Waals surface area contributed by atoms with Crippen LogP contribution in [-0.4, -0.2) is 61.4 Å². The summed E-state index contributed by atoms with van der Waals surface area (Å²) in [6, 6.07) is 8.00. The molecule has 7 heteroatoms. The van der Waals surface area contributed by atoms with Crippen molar-refractivity contribution in [3.63, 3.8) is 0 Å². The summed E-state index contributed by atoms with van der Waals surface area (Å²) in [5.74, 6) is -0.471. The molecule has 2 atom stereocenters. The molecule has 0 bridgehead atoms. The standard InChI is InChI=1S/C14H20N2O4S/c1-15(2)14(18)13-8-12(17)9-16(13)21(19,20)10-11-6-4-3-5-7-11/h3-7,12-13,17H,8-10H2,1-2H3/t12?,13-/m0/s1. The molecule has 1 aromatic rings. The van der Waals surface area contributed by atoms with Gasteiger partial charge in [-0.15, -0.1) is 0 Å². The lowest BCUT2D eigenvalue weighted by atomic mass is 10.2. The Hall–Kier alpha value is -1.44. The quantitative estimate of drug-likeness (QED) is 0.851. The summed E-state index contributed by atoms with van der Waals surface area (Å²) in [5.41, 5.74) is 0.662. The summed E-state index contributed by atoms with van der Waals surface area (Å²) < 4.78 is 26.2. The summed E-state index contributed by atoms with van der Waals surface area (Å²) in [4.78, 5) is 13.5. The van der Waals surface area contributed by atoms with E-state index in [0.29, 0.717) is 5.56 Å². The molecule has 1 heterocycles. The second-order valence-electron chi connectivity index (χ2n) is 5.45. The summed E-state index contributed by atoms with van der Waals surface area (Å²) in [6.45, 7) is -0.0284. The molecule has 1 unspecified atom stereocenters. The van der Waals surface area contributed by atoms with E-state index in [1.54, 1.807) is 38.4 Å². The fourth-order valence-electron chi connectivity index (χ4n) is 2.48. The van der Waals surface area contributed by atoms with Gasteiger partial charge in [-0.1, -0.05) is 30.3 Å². The molecule has 1 fully saturated rings. The zero-order valence-electron chi connectivity index (χ0n) is 12.1. The van der Waals surface area contributed by atoms with Crippen molar-refractivity contribution in [1.82, 2.24) is 9.21 Å². The Morgan fingerprint density at radius 1 is 1.33 bits per heavy atom. The minimum atomic E-state index is -3.65. The molecule has 0 aromatic heterocycles. The molecule has 1 aromatic carbocycles.